The van der Waals surface area contributed by atoms with E-state index < -0.39 is 0 Å². The molecule has 0 saturated carbocycles. The van der Waals surface area contributed by atoms with Crippen molar-refractivity contribution in [2.45, 2.75) is 49.5 Å². The Kier molecular flexibility index (Phi) is 5.26. The number of halogens is 1. The van der Waals surface area contributed by atoms with Gasteiger partial charge in [0.15, 0.2) is 5.78 Å². The highest BCUT2D eigenvalue weighted by molar-refractivity contribution is 8.08. The number of hydrogen-bond acceptors (Lipinski definition) is 4. The molecule has 0 amide bonds. The second kappa shape index (κ2) is 6.55. The van der Waals surface area contributed by atoms with E-state index in [1.54, 1.807) is 22.6 Å². The molecule has 0 radical (unpaired) electrons. The molecule has 6 heteroatoms. The molecule has 106 valence electrons. The van der Waals surface area contributed by atoms with Gasteiger partial charge in [0.1, 0.15) is 5.69 Å². The van der Waals surface area contributed by atoms with Gasteiger partial charge in [0, 0.05) is 22.8 Å². The third-order valence-corrected chi connectivity index (χ3v) is 6.97. The number of hydrogen-bond donors (Lipinski definition) is 0. The van der Waals surface area contributed by atoms with Crippen molar-refractivity contribution in [3.63, 3.8) is 0 Å². The van der Waals surface area contributed by atoms with Crippen LogP contribution in [0.4, 0.5) is 0 Å². The van der Waals surface area contributed by atoms with Gasteiger partial charge in [-0.2, -0.15) is 16.9 Å². The van der Waals surface area contributed by atoms with E-state index >= 15 is 0 Å². The zero-order valence-electron chi connectivity index (χ0n) is 11.4. The van der Waals surface area contributed by atoms with Crippen molar-refractivity contribution < 1.29 is 4.79 Å². The van der Waals surface area contributed by atoms with Crippen LogP contribution in [-0.4, -0.2) is 37.1 Å². The summed E-state index contributed by atoms with van der Waals surface area (Å²) in [5, 5.41) is 5.78. The third kappa shape index (κ3) is 3.31. The first kappa shape index (κ1) is 15.3. The number of thioether (sulfide) groups is 2. The second-order valence-corrected chi connectivity index (χ2v) is 8.20. The maximum absolute atomic E-state index is 12.7. The maximum Gasteiger partial charge on any atom is 0.196 e. The highest BCUT2D eigenvalue weighted by Crippen LogP contribution is 2.37. The molecule has 0 spiro atoms. The Balaban J connectivity index is 2.17. The zero-order chi connectivity index (χ0) is 14.0. The smallest absolute Gasteiger partial charge is 0.196 e. The lowest BCUT2D eigenvalue weighted by Crippen LogP contribution is -2.33. The number of Topliss-reactive ketones (excluding diaryl/α,β-unsaturated/α-hetero) is 1. The molecule has 1 aromatic heterocycles. The highest BCUT2D eigenvalue weighted by atomic mass is 35.5. The molecule has 0 N–H and O–H groups in total. The Bertz CT molecular complexity index is 463. The topological polar surface area (TPSA) is 34.9 Å². The van der Waals surface area contributed by atoms with E-state index in [2.05, 4.69) is 25.9 Å². The standard InChI is InChI=1S/C13H19ClN2OS2/c1-4-5-16-12(10(14)6-15-16)13(17)11-7-18-8(2)9(3)19-11/h6,8-9,11H,4-5,7H2,1-3H3. The molecule has 3 atom stereocenters. The summed E-state index contributed by atoms with van der Waals surface area (Å²) in [5.41, 5.74) is 0.586. The maximum atomic E-state index is 12.7. The van der Waals surface area contributed by atoms with Gasteiger partial charge in [0.2, 0.25) is 0 Å². The van der Waals surface area contributed by atoms with Gasteiger partial charge in [-0.15, -0.1) is 11.8 Å². The highest BCUT2D eigenvalue weighted by Gasteiger charge is 2.33. The fourth-order valence-electron chi connectivity index (χ4n) is 2.06. The summed E-state index contributed by atoms with van der Waals surface area (Å²) in [6.45, 7) is 7.22. The van der Waals surface area contributed by atoms with Crippen molar-refractivity contribution in [3.05, 3.63) is 16.9 Å². The third-order valence-electron chi connectivity index (χ3n) is 3.31. The van der Waals surface area contributed by atoms with Crippen LogP contribution in [0.2, 0.25) is 5.02 Å². The SMILES string of the molecule is CCCn1ncc(Cl)c1C(=O)C1CSC(C)C(C)S1. The summed E-state index contributed by atoms with van der Waals surface area (Å²) in [6, 6.07) is 0. The van der Waals surface area contributed by atoms with E-state index in [0.717, 1.165) is 18.7 Å². The fraction of sp³-hybridized carbons (Fsp3) is 0.692. The molecule has 1 fully saturated rings. The molecule has 1 aromatic rings. The average Bonchev–Trinajstić information content (AvgIpc) is 2.74. The number of rotatable bonds is 4. The minimum Gasteiger partial charge on any atom is -0.291 e. The molecule has 3 unspecified atom stereocenters. The monoisotopic (exact) mass is 318 g/mol. The predicted octanol–water partition coefficient (Wildman–Crippen LogP) is 3.75. The van der Waals surface area contributed by atoms with E-state index in [4.69, 9.17) is 11.6 Å². The van der Waals surface area contributed by atoms with Crippen molar-refractivity contribution in [1.29, 1.82) is 0 Å². The Morgan fingerprint density at radius 1 is 1.53 bits per heavy atom. The van der Waals surface area contributed by atoms with Crippen LogP contribution in [0.15, 0.2) is 6.20 Å². The molecule has 19 heavy (non-hydrogen) atoms. The minimum atomic E-state index is 0.000932. The average molecular weight is 319 g/mol. The molecule has 1 aliphatic heterocycles. The van der Waals surface area contributed by atoms with Crippen molar-refractivity contribution in [2.75, 3.05) is 5.75 Å². The zero-order valence-corrected chi connectivity index (χ0v) is 13.8. The molecular weight excluding hydrogens is 300 g/mol. The molecule has 3 nitrogen and oxygen atoms in total. The Morgan fingerprint density at radius 2 is 2.26 bits per heavy atom. The molecule has 0 aliphatic carbocycles. The van der Waals surface area contributed by atoms with E-state index in [1.807, 2.05) is 11.8 Å². The van der Waals surface area contributed by atoms with Crippen molar-refractivity contribution in [2.24, 2.45) is 0 Å². The van der Waals surface area contributed by atoms with Gasteiger partial charge in [-0.25, -0.2) is 0 Å². The van der Waals surface area contributed by atoms with Gasteiger partial charge in [-0.1, -0.05) is 32.4 Å². The summed E-state index contributed by atoms with van der Waals surface area (Å²) in [6.07, 6.45) is 2.52. The van der Waals surface area contributed by atoms with Crippen molar-refractivity contribution in [3.8, 4) is 0 Å². The van der Waals surface area contributed by atoms with Gasteiger partial charge in [0.25, 0.3) is 0 Å². The number of aromatic nitrogens is 2. The van der Waals surface area contributed by atoms with Crippen LogP contribution >= 0.6 is 35.1 Å². The predicted molar refractivity (Wildman–Crippen MR) is 84.6 cm³/mol. The molecular formula is C13H19ClN2OS2. The lowest BCUT2D eigenvalue weighted by molar-refractivity contribution is 0.0984. The lowest BCUT2D eigenvalue weighted by atomic mass is 10.2. The summed E-state index contributed by atoms with van der Waals surface area (Å²) in [5.74, 6) is 0.995. The van der Waals surface area contributed by atoms with Crippen LogP contribution in [0.5, 0.6) is 0 Å². The number of carbonyl (C=O) groups excluding carboxylic acids is 1. The Labute approximate surface area is 127 Å². The van der Waals surface area contributed by atoms with Gasteiger partial charge in [0.05, 0.1) is 16.5 Å². The van der Waals surface area contributed by atoms with Gasteiger partial charge in [-0.05, 0) is 6.42 Å². The molecule has 1 saturated heterocycles. The van der Waals surface area contributed by atoms with E-state index in [9.17, 15) is 4.79 Å². The van der Waals surface area contributed by atoms with E-state index in [1.165, 1.54) is 0 Å². The van der Waals surface area contributed by atoms with Crippen molar-refractivity contribution >= 4 is 40.9 Å². The van der Waals surface area contributed by atoms with Crippen molar-refractivity contribution in [1.82, 2.24) is 9.78 Å². The molecule has 1 aliphatic rings. The van der Waals surface area contributed by atoms with Crippen LogP contribution in [0, 0.1) is 0 Å². The first-order chi connectivity index (χ1) is 9.04. The van der Waals surface area contributed by atoms with E-state index in [0.29, 0.717) is 21.2 Å². The second-order valence-electron chi connectivity index (χ2n) is 4.80. The van der Waals surface area contributed by atoms with Crippen LogP contribution < -0.4 is 0 Å². The molecule has 2 heterocycles. The van der Waals surface area contributed by atoms with Gasteiger partial charge in [-0.3, -0.25) is 9.48 Å². The summed E-state index contributed by atoms with van der Waals surface area (Å²) < 4.78 is 1.75. The summed E-state index contributed by atoms with van der Waals surface area (Å²) in [7, 11) is 0. The number of carbonyl (C=O) groups is 1. The molecule has 0 bridgehead atoms. The summed E-state index contributed by atoms with van der Waals surface area (Å²) >= 11 is 9.78. The number of nitrogens with zero attached hydrogens (tertiary/aromatic N) is 2. The first-order valence-electron chi connectivity index (χ1n) is 6.57. The summed E-state index contributed by atoms with van der Waals surface area (Å²) in [4.78, 5) is 12.7. The number of aryl methyl sites for hydroxylation is 1. The van der Waals surface area contributed by atoms with E-state index in [-0.39, 0.29) is 11.0 Å². The van der Waals surface area contributed by atoms with Gasteiger partial charge >= 0.3 is 0 Å². The normalized spacial score (nSPS) is 27.5. The lowest BCUT2D eigenvalue weighted by Gasteiger charge is -2.30. The molecule has 0 aromatic carbocycles. The fourth-order valence-corrected chi connectivity index (χ4v) is 5.15. The largest absolute Gasteiger partial charge is 0.291 e. The van der Waals surface area contributed by atoms with Crippen LogP contribution in [0.3, 0.4) is 0 Å². The van der Waals surface area contributed by atoms with Crippen LogP contribution in [0.25, 0.3) is 0 Å². The first-order valence-corrected chi connectivity index (χ1v) is 8.94. The Morgan fingerprint density at radius 3 is 2.89 bits per heavy atom. The minimum absolute atomic E-state index is 0.000932. The van der Waals surface area contributed by atoms with Crippen LogP contribution in [0.1, 0.15) is 37.7 Å². The molecule has 2 rings (SSSR count). The Hall–Kier alpha value is -0.130. The van der Waals surface area contributed by atoms with Gasteiger partial charge < -0.3 is 0 Å². The number of ketones is 1. The quantitative estimate of drug-likeness (QED) is 0.792. The van der Waals surface area contributed by atoms with Crippen LogP contribution in [-0.2, 0) is 6.54 Å².